The van der Waals surface area contributed by atoms with Crippen molar-refractivity contribution in [1.29, 1.82) is 0 Å². The van der Waals surface area contributed by atoms with Crippen LogP contribution in [-0.4, -0.2) is 63.9 Å². The Morgan fingerprint density at radius 3 is 2.73 bits per heavy atom. The van der Waals surface area contributed by atoms with Gasteiger partial charge >= 0.3 is 0 Å². The van der Waals surface area contributed by atoms with Crippen LogP contribution < -0.4 is 5.32 Å². The summed E-state index contributed by atoms with van der Waals surface area (Å²) in [4.78, 5) is 9.43. The van der Waals surface area contributed by atoms with Crippen LogP contribution in [0.15, 0.2) is 60.9 Å². The van der Waals surface area contributed by atoms with Crippen molar-refractivity contribution < 1.29 is 4.74 Å². The summed E-state index contributed by atoms with van der Waals surface area (Å²) >= 11 is 12.2. The van der Waals surface area contributed by atoms with Gasteiger partial charge in [-0.25, -0.2) is 0 Å². The van der Waals surface area contributed by atoms with Gasteiger partial charge in [0.25, 0.3) is 0 Å². The number of nitrogens with one attached hydrogen (secondary N) is 1. The Morgan fingerprint density at radius 1 is 1.12 bits per heavy atom. The molecule has 33 heavy (non-hydrogen) atoms. The predicted octanol–water partition coefficient (Wildman–Crippen LogP) is 4.14. The molecular weight excluding hydrogens is 454 g/mol. The topological polar surface area (TPSA) is 45.6 Å². The van der Waals surface area contributed by atoms with E-state index in [0.29, 0.717) is 0 Å². The lowest BCUT2D eigenvalue weighted by molar-refractivity contribution is 0.0349. The molecule has 2 aliphatic heterocycles. The second-order valence-electron chi connectivity index (χ2n) is 8.51. The van der Waals surface area contributed by atoms with Gasteiger partial charge in [-0.05, 0) is 67.2 Å². The van der Waals surface area contributed by atoms with Gasteiger partial charge in [0.15, 0.2) is 5.11 Å². The first-order valence-corrected chi connectivity index (χ1v) is 12.1. The van der Waals surface area contributed by atoms with Crippen LogP contribution in [0, 0.1) is 6.92 Å². The highest BCUT2D eigenvalue weighted by Gasteiger charge is 2.41. The third-order valence-electron chi connectivity index (χ3n) is 6.46. The Balaban J connectivity index is 1.51. The van der Waals surface area contributed by atoms with Crippen molar-refractivity contribution in [2.45, 2.75) is 19.0 Å². The molecule has 172 valence electrons. The van der Waals surface area contributed by atoms with E-state index < -0.39 is 0 Å². The maximum Gasteiger partial charge on any atom is 0.170 e. The molecule has 0 unspecified atom stereocenters. The molecule has 0 bridgehead atoms. The second-order valence-corrected chi connectivity index (χ2v) is 9.30. The minimum atomic E-state index is -0.0366. The summed E-state index contributed by atoms with van der Waals surface area (Å²) < 4.78 is 7.75. The number of nitrogens with zero attached hydrogens (tertiary/aromatic N) is 4. The number of ether oxygens (including phenoxy) is 1. The van der Waals surface area contributed by atoms with Crippen molar-refractivity contribution in [3.8, 4) is 5.69 Å². The third-order valence-corrected chi connectivity index (χ3v) is 7.24. The lowest BCUT2D eigenvalue weighted by Crippen LogP contribution is -2.42. The number of rotatable bonds is 6. The Labute approximate surface area is 205 Å². The number of hydrogen-bond donors (Lipinski definition) is 1. The van der Waals surface area contributed by atoms with Gasteiger partial charge in [0, 0.05) is 55.0 Å². The molecule has 4 heterocycles. The lowest BCUT2D eigenvalue weighted by atomic mass is 10.0. The van der Waals surface area contributed by atoms with Crippen LogP contribution in [0.1, 0.15) is 29.0 Å². The first-order valence-electron chi connectivity index (χ1n) is 11.3. The molecule has 2 atom stereocenters. The fourth-order valence-corrected chi connectivity index (χ4v) is 5.14. The SMILES string of the molecule is Cc1cc(-n2cccc2[C@H]2[C@H](c3ccccn3)NC(=S)N2CCN2CCOCC2)ccc1Cl. The number of pyridine rings is 1. The number of aromatic nitrogens is 2. The van der Waals surface area contributed by atoms with Crippen LogP contribution in [0.5, 0.6) is 0 Å². The zero-order valence-corrected chi connectivity index (χ0v) is 20.2. The summed E-state index contributed by atoms with van der Waals surface area (Å²) in [7, 11) is 0. The van der Waals surface area contributed by atoms with Gasteiger partial charge in [0.2, 0.25) is 0 Å². The number of benzene rings is 1. The summed E-state index contributed by atoms with van der Waals surface area (Å²) in [6.45, 7) is 7.32. The van der Waals surface area contributed by atoms with Crippen molar-refractivity contribution in [2.24, 2.45) is 0 Å². The zero-order valence-electron chi connectivity index (χ0n) is 18.7. The standard InChI is InChI=1S/C25H28ClN5OS/c1-18-17-19(7-8-20(18)26)30-10-4-6-22(30)24-23(21-5-2-3-9-27-21)28-25(33)31(24)12-11-29-13-15-32-16-14-29/h2-10,17,23-24H,11-16H2,1H3,(H,28,33)/t23-,24-/m0/s1. The quantitative estimate of drug-likeness (QED) is 0.534. The molecule has 6 nitrogen and oxygen atoms in total. The average molecular weight is 482 g/mol. The normalized spacial score (nSPS) is 21.4. The van der Waals surface area contributed by atoms with Gasteiger partial charge < -0.3 is 19.5 Å². The van der Waals surface area contributed by atoms with E-state index in [-0.39, 0.29) is 12.1 Å². The molecule has 0 radical (unpaired) electrons. The fraction of sp³-hybridized carbons (Fsp3) is 0.360. The van der Waals surface area contributed by atoms with E-state index in [1.54, 1.807) is 0 Å². The van der Waals surface area contributed by atoms with E-state index in [4.69, 9.17) is 28.6 Å². The van der Waals surface area contributed by atoms with Crippen LogP contribution in [0.2, 0.25) is 5.02 Å². The molecule has 0 saturated carbocycles. The molecule has 2 aromatic heterocycles. The van der Waals surface area contributed by atoms with Gasteiger partial charge in [0.05, 0.1) is 31.0 Å². The first-order chi connectivity index (χ1) is 16.1. The van der Waals surface area contributed by atoms with Crippen LogP contribution >= 0.6 is 23.8 Å². The highest BCUT2D eigenvalue weighted by Crippen LogP contribution is 2.39. The summed E-state index contributed by atoms with van der Waals surface area (Å²) in [5, 5.41) is 5.10. The van der Waals surface area contributed by atoms with E-state index in [0.717, 1.165) is 66.5 Å². The number of morpholine rings is 1. The lowest BCUT2D eigenvalue weighted by Gasteiger charge is -2.32. The third kappa shape index (κ3) is 4.64. The minimum absolute atomic E-state index is 0.0134. The highest BCUT2D eigenvalue weighted by atomic mass is 35.5. The monoisotopic (exact) mass is 481 g/mol. The van der Waals surface area contributed by atoms with Gasteiger partial charge in [-0.3, -0.25) is 9.88 Å². The molecule has 5 rings (SSSR count). The molecular formula is C25H28ClN5OS. The molecule has 2 saturated heterocycles. The molecule has 1 aromatic carbocycles. The van der Waals surface area contributed by atoms with E-state index in [2.05, 4.69) is 61.2 Å². The van der Waals surface area contributed by atoms with Crippen molar-refractivity contribution in [1.82, 2.24) is 24.7 Å². The largest absolute Gasteiger partial charge is 0.379 e. The van der Waals surface area contributed by atoms with E-state index in [9.17, 15) is 0 Å². The average Bonchev–Trinajstić information content (AvgIpc) is 3.45. The van der Waals surface area contributed by atoms with E-state index in [1.807, 2.05) is 31.3 Å². The molecule has 2 fully saturated rings. The number of thiocarbonyl (C=S) groups is 1. The molecule has 0 aliphatic carbocycles. The first kappa shape index (κ1) is 22.3. The maximum atomic E-state index is 6.30. The second kappa shape index (κ2) is 9.81. The van der Waals surface area contributed by atoms with Crippen molar-refractivity contribution in [2.75, 3.05) is 39.4 Å². The van der Waals surface area contributed by atoms with Crippen LogP contribution in [0.25, 0.3) is 5.69 Å². The van der Waals surface area contributed by atoms with E-state index in [1.165, 1.54) is 5.69 Å². The highest BCUT2D eigenvalue weighted by molar-refractivity contribution is 7.80. The van der Waals surface area contributed by atoms with Crippen LogP contribution in [0.3, 0.4) is 0 Å². The molecule has 0 spiro atoms. The molecule has 8 heteroatoms. The van der Waals surface area contributed by atoms with Gasteiger partial charge in [-0.2, -0.15) is 0 Å². The van der Waals surface area contributed by atoms with Crippen molar-refractivity contribution in [3.63, 3.8) is 0 Å². The summed E-state index contributed by atoms with van der Waals surface area (Å²) in [6, 6.07) is 16.4. The molecule has 1 N–H and O–H groups in total. The zero-order chi connectivity index (χ0) is 22.8. The van der Waals surface area contributed by atoms with Crippen LogP contribution in [0.4, 0.5) is 0 Å². The number of aryl methyl sites for hydroxylation is 1. The molecule has 0 amide bonds. The van der Waals surface area contributed by atoms with E-state index >= 15 is 0 Å². The van der Waals surface area contributed by atoms with Gasteiger partial charge in [-0.1, -0.05) is 17.7 Å². The van der Waals surface area contributed by atoms with Crippen LogP contribution in [-0.2, 0) is 4.74 Å². The van der Waals surface area contributed by atoms with Gasteiger partial charge in [-0.15, -0.1) is 0 Å². The Morgan fingerprint density at radius 2 is 1.97 bits per heavy atom. The van der Waals surface area contributed by atoms with Crippen molar-refractivity contribution >= 4 is 28.9 Å². The summed E-state index contributed by atoms with van der Waals surface area (Å²) in [5.41, 5.74) is 4.29. The number of hydrogen-bond acceptors (Lipinski definition) is 4. The summed E-state index contributed by atoms with van der Waals surface area (Å²) in [5.74, 6) is 0. The fourth-order valence-electron chi connectivity index (χ4n) is 4.69. The molecule has 3 aromatic rings. The Hall–Kier alpha value is -2.45. The Bertz CT molecular complexity index is 1110. The predicted molar refractivity (Wildman–Crippen MR) is 135 cm³/mol. The van der Waals surface area contributed by atoms with Gasteiger partial charge in [0.1, 0.15) is 0 Å². The summed E-state index contributed by atoms with van der Waals surface area (Å²) in [6.07, 6.45) is 3.95. The maximum absolute atomic E-state index is 6.30. The van der Waals surface area contributed by atoms with Crippen molar-refractivity contribution in [3.05, 3.63) is 82.9 Å². The smallest absolute Gasteiger partial charge is 0.170 e. The minimum Gasteiger partial charge on any atom is -0.379 e. The number of halogens is 1. The molecule has 2 aliphatic rings. The Kier molecular flexibility index (Phi) is 6.64.